The Morgan fingerprint density at radius 3 is 2.68 bits per heavy atom. The van der Waals surface area contributed by atoms with Crippen LogP contribution in [-0.4, -0.2) is 26.5 Å². The van der Waals surface area contributed by atoms with Crippen LogP contribution >= 0.6 is 0 Å². The molecule has 0 spiro atoms. The molecule has 1 unspecified atom stereocenters. The minimum absolute atomic E-state index is 0.0251. The van der Waals surface area contributed by atoms with Gasteiger partial charge in [-0.3, -0.25) is 5.32 Å². The van der Waals surface area contributed by atoms with Gasteiger partial charge in [0.15, 0.2) is 0 Å². The molecule has 0 bridgehead atoms. The molecular weight excluding hydrogens is 240 g/mol. The second-order valence-corrected chi connectivity index (χ2v) is 4.70. The molecule has 2 aromatic rings. The molecule has 0 aliphatic rings. The summed E-state index contributed by atoms with van der Waals surface area (Å²) in [7, 11) is 0. The SMILES string of the molecule is CCn1ncnc1CNC(C)(CO)c1ccccc1. The van der Waals surface area contributed by atoms with Crippen molar-refractivity contribution in [1.82, 2.24) is 20.1 Å². The molecular formula is C14H20N4O. The number of rotatable bonds is 6. The number of hydrogen-bond acceptors (Lipinski definition) is 4. The molecule has 0 saturated heterocycles. The predicted molar refractivity (Wildman–Crippen MR) is 73.4 cm³/mol. The molecule has 0 aliphatic carbocycles. The van der Waals surface area contributed by atoms with Crippen LogP contribution in [0.3, 0.4) is 0 Å². The molecule has 0 saturated carbocycles. The zero-order valence-electron chi connectivity index (χ0n) is 11.4. The number of benzene rings is 1. The average molecular weight is 260 g/mol. The van der Waals surface area contributed by atoms with Gasteiger partial charge in [0, 0.05) is 6.54 Å². The Morgan fingerprint density at radius 2 is 2.05 bits per heavy atom. The lowest BCUT2D eigenvalue weighted by Gasteiger charge is -2.29. The molecule has 1 aromatic heterocycles. The topological polar surface area (TPSA) is 63.0 Å². The quantitative estimate of drug-likeness (QED) is 0.821. The van der Waals surface area contributed by atoms with Crippen LogP contribution in [0, 0.1) is 0 Å². The smallest absolute Gasteiger partial charge is 0.140 e. The van der Waals surface area contributed by atoms with E-state index in [0.29, 0.717) is 6.54 Å². The van der Waals surface area contributed by atoms with Crippen molar-refractivity contribution >= 4 is 0 Å². The summed E-state index contributed by atoms with van der Waals surface area (Å²) >= 11 is 0. The standard InChI is InChI=1S/C14H20N4O/c1-3-18-13(15-11-17-18)9-16-14(2,10-19)12-7-5-4-6-8-12/h4-8,11,16,19H,3,9-10H2,1-2H3. The Bertz CT molecular complexity index is 511. The second-order valence-electron chi connectivity index (χ2n) is 4.70. The lowest BCUT2D eigenvalue weighted by molar-refractivity contribution is 0.172. The van der Waals surface area contributed by atoms with Crippen molar-refractivity contribution in [2.24, 2.45) is 0 Å². The van der Waals surface area contributed by atoms with Crippen molar-refractivity contribution in [3.8, 4) is 0 Å². The molecule has 19 heavy (non-hydrogen) atoms. The van der Waals surface area contributed by atoms with Crippen molar-refractivity contribution in [1.29, 1.82) is 0 Å². The fraction of sp³-hybridized carbons (Fsp3) is 0.429. The van der Waals surface area contributed by atoms with Gasteiger partial charge in [0.2, 0.25) is 0 Å². The van der Waals surface area contributed by atoms with E-state index in [1.807, 2.05) is 48.9 Å². The fourth-order valence-electron chi connectivity index (χ4n) is 2.02. The molecule has 2 rings (SSSR count). The van der Waals surface area contributed by atoms with E-state index in [2.05, 4.69) is 15.4 Å². The maximum absolute atomic E-state index is 9.69. The molecule has 5 nitrogen and oxygen atoms in total. The van der Waals surface area contributed by atoms with Gasteiger partial charge in [0.05, 0.1) is 18.7 Å². The number of nitrogens with one attached hydrogen (secondary N) is 1. The molecule has 0 radical (unpaired) electrons. The van der Waals surface area contributed by atoms with E-state index in [1.54, 1.807) is 6.33 Å². The fourth-order valence-corrected chi connectivity index (χ4v) is 2.02. The van der Waals surface area contributed by atoms with Crippen molar-refractivity contribution in [3.05, 3.63) is 48.0 Å². The predicted octanol–water partition coefficient (Wildman–Crippen LogP) is 1.30. The summed E-state index contributed by atoms with van der Waals surface area (Å²) in [5.74, 6) is 0.873. The van der Waals surface area contributed by atoms with Crippen molar-refractivity contribution in [3.63, 3.8) is 0 Å². The highest BCUT2D eigenvalue weighted by Crippen LogP contribution is 2.20. The summed E-state index contributed by atoms with van der Waals surface area (Å²) in [6, 6.07) is 9.93. The summed E-state index contributed by atoms with van der Waals surface area (Å²) in [5, 5.41) is 17.2. The molecule has 1 atom stereocenters. The van der Waals surface area contributed by atoms with E-state index in [9.17, 15) is 5.11 Å². The largest absolute Gasteiger partial charge is 0.394 e. The molecule has 1 aromatic carbocycles. The third kappa shape index (κ3) is 3.00. The molecule has 1 heterocycles. The molecule has 102 valence electrons. The lowest BCUT2D eigenvalue weighted by Crippen LogP contribution is -2.42. The van der Waals surface area contributed by atoms with Crippen LogP contribution in [0.5, 0.6) is 0 Å². The number of aliphatic hydroxyl groups is 1. The number of aryl methyl sites for hydroxylation is 1. The molecule has 0 fully saturated rings. The Kier molecular flexibility index (Phi) is 4.29. The Labute approximate surface area is 113 Å². The van der Waals surface area contributed by atoms with Crippen LogP contribution in [0.15, 0.2) is 36.7 Å². The van der Waals surface area contributed by atoms with Gasteiger partial charge in [-0.25, -0.2) is 9.67 Å². The first kappa shape index (κ1) is 13.7. The van der Waals surface area contributed by atoms with Gasteiger partial charge in [-0.05, 0) is 19.4 Å². The number of aliphatic hydroxyl groups excluding tert-OH is 1. The van der Waals surface area contributed by atoms with Crippen LogP contribution in [0.2, 0.25) is 0 Å². The minimum atomic E-state index is -0.480. The van der Waals surface area contributed by atoms with Crippen LogP contribution in [-0.2, 0) is 18.6 Å². The Morgan fingerprint density at radius 1 is 1.32 bits per heavy atom. The third-order valence-electron chi connectivity index (χ3n) is 3.36. The van der Waals surface area contributed by atoms with Crippen LogP contribution < -0.4 is 5.32 Å². The number of hydrogen-bond donors (Lipinski definition) is 2. The maximum atomic E-state index is 9.69. The van der Waals surface area contributed by atoms with Crippen molar-refractivity contribution < 1.29 is 5.11 Å². The van der Waals surface area contributed by atoms with Crippen LogP contribution in [0.1, 0.15) is 25.2 Å². The van der Waals surface area contributed by atoms with E-state index < -0.39 is 5.54 Å². The molecule has 2 N–H and O–H groups in total. The maximum Gasteiger partial charge on any atom is 0.140 e. The van der Waals surface area contributed by atoms with Crippen molar-refractivity contribution in [2.75, 3.05) is 6.61 Å². The highest BCUT2D eigenvalue weighted by Gasteiger charge is 2.25. The first-order valence-corrected chi connectivity index (χ1v) is 6.47. The zero-order valence-corrected chi connectivity index (χ0v) is 11.4. The first-order valence-electron chi connectivity index (χ1n) is 6.47. The van der Waals surface area contributed by atoms with E-state index in [-0.39, 0.29) is 6.61 Å². The van der Waals surface area contributed by atoms with Gasteiger partial charge in [0.1, 0.15) is 12.2 Å². The van der Waals surface area contributed by atoms with Crippen LogP contribution in [0.4, 0.5) is 0 Å². The lowest BCUT2D eigenvalue weighted by atomic mass is 9.93. The molecule has 0 aliphatic heterocycles. The normalized spacial score (nSPS) is 14.3. The summed E-state index contributed by atoms with van der Waals surface area (Å²) < 4.78 is 1.84. The number of aromatic nitrogens is 3. The summed E-state index contributed by atoms with van der Waals surface area (Å²) in [6.45, 7) is 5.39. The van der Waals surface area contributed by atoms with E-state index in [0.717, 1.165) is 17.9 Å². The van der Waals surface area contributed by atoms with E-state index >= 15 is 0 Å². The van der Waals surface area contributed by atoms with Gasteiger partial charge in [-0.1, -0.05) is 30.3 Å². The first-order chi connectivity index (χ1) is 9.19. The van der Waals surface area contributed by atoms with Gasteiger partial charge < -0.3 is 5.11 Å². The highest BCUT2D eigenvalue weighted by atomic mass is 16.3. The van der Waals surface area contributed by atoms with E-state index in [4.69, 9.17) is 0 Å². The van der Waals surface area contributed by atoms with Gasteiger partial charge in [0.25, 0.3) is 0 Å². The Balaban J connectivity index is 2.11. The summed E-state index contributed by atoms with van der Waals surface area (Å²) in [5.41, 5.74) is 0.575. The number of nitrogens with zero attached hydrogens (tertiary/aromatic N) is 3. The monoisotopic (exact) mass is 260 g/mol. The summed E-state index contributed by atoms with van der Waals surface area (Å²) in [6.07, 6.45) is 1.55. The summed E-state index contributed by atoms with van der Waals surface area (Å²) in [4.78, 5) is 4.23. The third-order valence-corrected chi connectivity index (χ3v) is 3.36. The van der Waals surface area contributed by atoms with E-state index in [1.165, 1.54) is 0 Å². The second kappa shape index (κ2) is 5.95. The van der Waals surface area contributed by atoms with Gasteiger partial charge in [-0.2, -0.15) is 5.10 Å². The Hall–Kier alpha value is -1.72. The van der Waals surface area contributed by atoms with Gasteiger partial charge >= 0.3 is 0 Å². The van der Waals surface area contributed by atoms with Gasteiger partial charge in [-0.15, -0.1) is 0 Å². The zero-order chi connectivity index (χ0) is 13.7. The average Bonchev–Trinajstić information content (AvgIpc) is 2.93. The minimum Gasteiger partial charge on any atom is -0.394 e. The molecule has 0 amide bonds. The highest BCUT2D eigenvalue weighted by molar-refractivity contribution is 5.23. The van der Waals surface area contributed by atoms with Crippen molar-refractivity contribution in [2.45, 2.75) is 32.5 Å². The van der Waals surface area contributed by atoms with Crippen LogP contribution in [0.25, 0.3) is 0 Å². The molecule has 5 heteroatoms.